The molecule has 0 saturated carbocycles. The van der Waals surface area contributed by atoms with Crippen LogP contribution in [-0.4, -0.2) is 4.98 Å². The summed E-state index contributed by atoms with van der Waals surface area (Å²) in [6, 6.07) is 14.0. The van der Waals surface area contributed by atoms with Gasteiger partial charge in [0, 0.05) is 5.39 Å². The second-order valence-corrected chi connectivity index (χ2v) is 4.76. The van der Waals surface area contributed by atoms with Crippen molar-refractivity contribution in [3.8, 4) is 0 Å². The van der Waals surface area contributed by atoms with Crippen LogP contribution in [0.5, 0.6) is 0 Å². The molecule has 0 radical (unpaired) electrons. The van der Waals surface area contributed by atoms with Crippen molar-refractivity contribution in [2.24, 2.45) is 0 Å². The van der Waals surface area contributed by atoms with Gasteiger partial charge in [-0.05, 0) is 40.2 Å². The van der Waals surface area contributed by atoms with E-state index in [1.54, 1.807) is 0 Å². The Bertz CT molecular complexity index is 678. The fourth-order valence-corrected chi connectivity index (χ4v) is 2.14. The molecule has 1 N–H and O–H groups in total. The average molecular weight is 303 g/mol. The van der Waals surface area contributed by atoms with Gasteiger partial charge >= 0.3 is 0 Å². The fraction of sp³-hybridized carbons (Fsp3) is 0.0714. The van der Waals surface area contributed by atoms with E-state index in [4.69, 9.17) is 4.42 Å². The predicted octanol–water partition coefficient (Wildman–Crippen LogP) is 4.20. The van der Waals surface area contributed by atoms with Crippen LogP contribution in [0, 0.1) is 0 Å². The molecule has 2 heterocycles. The molecule has 0 fully saturated rings. The number of rotatable bonds is 3. The van der Waals surface area contributed by atoms with Gasteiger partial charge in [0.2, 0.25) is 0 Å². The number of aromatic nitrogens is 1. The molecular weight excluding hydrogens is 292 g/mol. The van der Waals surface area contributed by atoms with Crippen LogP contribution in [0.3, 0.4) is 0 Å². The molecule has 4 heteroatoms. The molecule has 0 amide bonds. The molecular formula is C14H11BrN2O. The number of benzene rings is 1. The molecule has 2 aromatic heterocycles. The second-order valence-electron chi connectivity index (χ2n) is 3.98. The third kappa shape index (κ3) is 2.38. The summed E-state index contributed by atoms with van der Waals surface area (Å²) in [5.41, 5.74) is 1.99. The zero-order chi connectivity index (χ0) is 12.4. The van der Waals surface area contributed by atoms with Gasteiger partial charge < -0.3 is 9.73 Å². The summed E-state index contributed by atoms with van der Waals surface area (Å²) in [5, 5.41) is 4.42. The first kappa shape index (κ1) is 11.3. The van der Waals surface area contributed by atoms with Crippen LogP contribution >= 0.6 is 15.9 Å². The number of para-hydroxylation sites is 1. The van der Waals surface area contributed by atoms with E-state index in [0.29, 0.717) is 6.54 Å². The van der Waals surface area contributed by atoms with Gasteiger partial charge in [-0.2, -0.15) is 0 Å². The first-order valence-electron chi connectivity index (χ1n) is 5.64. The van der Waals surface area contributed by atoms with Gasteiger partial charge in [-0.15, -0.1) is 0 Å². The standard InChI is InChI=1S/C14H11BrN2O/c15-14-6-5-12(18-14)9-16-11-7-10-3-1-2-4-13(10)17-8-11/h1-8,16H,9H2. The van der Waals surface area contributed by atoms with Crippen LogP contribution in [0.4, 0.5) is 5.69 Å². The zero-order valence-corrected chi connectivity index (χ0v) is 11.1. The van der Waals surface area contributed by atoms with E-state index in [9.17, 15) is 0 Å². The number of fused-ring (bicyclic) bond motifs is 1. The van der Waals surface area contributed by atoms with Gasteiger partial charge in [0.1, 0.15) is 5.76 Å². The lowest BCUT2D eigenvalue weighted by Crippen LogP contribution is -1.98. The zero-order valence-electron chi connectivity index (χ0n) is 9.56. The van der Waals surface area contributed by atoms with E-state index >= 15 is 0 Å². The Morgan fingerprint density at radius 3 is 2.89 bits per heavy atom. The number of pyridine rings is 1. The molecule has 90 valence electrons. The summed E-state index contributed by atoms with van der Waals surface area (Å²) >= 11 is 3.28. The van der Waals surface area contributed by atoms with Crippen LogP contribution in [0.2, 0.25) is 0 Å². The third-order valence-electron chi connectivity index (χ3n) is 2.69. The smallest absolute Gasteiger partial charge is 0.169 e. The Hall–Kier alpha value is -1.81. The lowest BCUT2D eigenvalue weighted by molar-refractivity contribution is 0.495. The van der Waals surface area contributed by atoms with Gasteiger partial charge in [-0.3, -0.25) is 4.98 Å². The maximum absolute atomic E-state index is 5.43. The Labute approximate surface area is 113 Å². The normalized spacial score (nSPS) is 10.7. The van der Waals surface area contributed by atoms with Gasteiger partial charge in [0.05, 0.1) is 23.9 Å². The van der Waals surface area contributed by atoms with Crippen molar-refractivity contribution in [1.29, 1.82) is 0 Å². The van der Waals surface area contributed by atoms with Crippen molar-refractivity contribution in [3.63, 3.8) is 0 Å². The van der Waals surface area contributed by atoms with Crippen LogP contribution < -0.4 is 5.32 Å². The van der Waals surface area contributed by atoms with Crippen LogP contribution in [0.15, 0.2) is 57.7 Å². The van der Waals surface area contributed by atoms with Crippen molar-refractivity contribution >= 4 is 32.5 Å². The maximum atomic E-state index is 5.43. The maximum Gasteiger partial charge on any atom is 0.169 e. The van der Waals surface area contributed by atoms with E-state index in [1.807, 2.05) is 36.5 Å². The van der Waals surface area contributed by atoms with Crippen LogP contribution in [0.1, 0.15) is 5.76 Å². The van der Waals surface area contributed by atoms with E-state index in [1.165, 1.54) is 0 Å². The summed E-state index contributed by atoms with van der Waals surface area (Å²) in [6.45, 7) is 0.644. The van der Waals surface area contributed by atoms with E-state index in [2.05, 4.69) is 38.4 Å². The highest BCUT2D eigenvalue weighted by Crippen LogP contribution is 2.18. The monoisotopic (exact) mass is 302 g/mol. The van der Waals surface area contributed by atoms with Crippen molar-refractivity contribution in [1.82, 2.24) is 4.98 Å². The third-order valence-corrected chi connectivity index (χ3v) is 3.11. The number of nitrogens with one attached hydrogen (secondary N) is 1. The molecule has 0 aliphatic carbocycles. The number of nitrogens with zero attached hydrogens (tertiary/aromatic N) is 1. The molecule has 3 nitrogen and oxygen atoms in total. The highest BCUT2D eigenvalue weighted by Gasteiger charge is 2.00. The fourth-order valence-electron chi connectivity index (χ4n) is 1.80. The summed E-state index contributed by atoms with van der Waals surface area (Å²) < 4.78 is 6.17. The number of anilines is 1. The second kappa shape index (κ2) is 4.82. The number of halogens is 1. The van der Waals surface area contributed by atoms with E-state index < -0.39 is 0 Å². The van der Waals surface area contributed by atoms with Gasteiger partial charge in [-0.25, -0.2) is 0 Å². The molecule has 0 atom stereocenters. The molecule has 18 heavy (non-hydrogen) atoms. The lowest BCUT2D eigenvalue weighted by atomic mass is 10.2. The Balaban J connectivity index is 1.78. The molecule has 1 aromatic carbocycles. The first-order valence-corrected chi connectivity index (χ1v) is 6.43. The predicted molar refractivity (Wildman–Crippen MR) is 75.5 cm³/mol. The Morgan fingerprint density at radius 1 is 1.17 bits per heavy atom. The SMILES string of the molecule is Brc1ccc(CNc2cnc3ccccc3c2)o1. The van der Waals surface area contributed by atoms with Gasteiger partial charge in [-0.1, -0.05) is 18.2 Å². The van der Waals surface area contributed by atoms with Crippen molar-refractivity contribution in [2.75, 3.05) is 5.32 Å². The molecule has 0 unspecified atom stereocenters. The largest absolute Gasteiger partial charge is 0.452 e. The number of hydrogen-bond acceptors (Lipinski definition) is 3. The van der Waals surface area contributed by atoms with E-state index in [-0.39, 0.29) is 0 Å². The minimum atomic E-state index is 0.644. The molecule has 0 aliphatic heterocycles. The topological polar surface area (TPSA) is 38.1 Å². The van der Waals surface area contributed by atoms with Crippen LogP contribution in [-0.2, 0) is 6.54 Å². The molecule has 3 rings (SSSR count). The van der Waals surface area contributed by atoms with Gasteiger partial charge in [0.15, 0.2) is 4.67 Å². The van der Waals surface area contributed by atoms with Crippen molar-refractivity contribution < 1.29 is 4.42 Å². The summed E-state index contributed by atoms with van der Waals surface area (Å²) in [5.74, 6) is 0.884. The minimum Gasteiger partial charge on any atom is -0.452 e. The Kier molecular flexibility index (Phi) is 3.02. The van der Waals surface area contributed by atoms with Crippen molar-refractivity contribution in [2.45, 2.75) is 6.54 Å². The van der Waals surface area contributed by atoms with E-state index in [0.717, 1.165) is 27.0 Å². The Morgan fingerprint density at radius 2 is 2.06 bits per heavy atom. The number of hydrogen-bond donors (Lipinski definition) is 1. The van der Waals surface area contributed by atoms with Gasteiger partial charge in [0.25, 0.3) is 0 Å². The number of furan rings is 1. The summed E-state index contributed by atoms with van der Waals surface area (Å²) in [7, 11) is 0. The highest BCUT2D eigenvalue weighted by atomic mass is 79.9. The molecule has 0 aliphatic rings. The molecule has 3 aromatic rings. The lowest BCUT2D eigenvalue weighted by Gasteiger charge is -2.05. The quantitative estimate of drug-likeness (QED) is 0.788. The highest BCUT2D eigenvalue weighted by molar-refractivity contribution is 9.10. The minimum absolute atomic E-state index is 0.644. The molecule has 0 bridgehead atoms. The van der Waals surface area contributed by atoms with Crippen molar-refractivity contribution in [3.05, 3.63) is 59.1 Å². The first-order chi connectivity index (χ1) is 8.81. The van der Waals surface area contributed by atoms with Crippen LogP contribution in [0.25, 0.3) is 10.9 Å². The molecule has 0 spiro atoms. The summed E-state index contributed by atoms with van der Waals surface area (Å²) in [4.78, 5) is 4.40. The average Bonchev–Trinajstić information content (AvgIpc) is 2.82. The summed E-state index contributed by atoms with van der Waals surface area (Å²) in [6.07, 6.45) is 1.83. The molecule has 0 saturated heterocycles.